The summed E-state index contributed by atoms with van der Waals surface area (Å²) in [5.41, 5.74) is -0.356. The minimum absolute atomic E-state index is 0.0000613. The van der Waals surface area contributed by atoms with Crippen LogP contribution >= 0.6 is 11.6 Å². The first-order valence-electron chi connectivity index (χ1n) is 9.23. The van der Waals surface area contributed by atoms with Crippen molar-refractivity contribution in [3.05, 3.63) is 64.9 Å². The second kappa shape index (κ2) is 6.99. The Morgan fingerprint density at radius 3 is 2.54 bits per heavy atom. The molecular formula is C21H20ClF3N2O. The van der Waals surface area contributed by atoms with E-state index >= 15 is 0 Å². The summed E-state index contributed by atoms with van der Waals surface area (Å²) in [6.45, 7) is 0.457. The SMILES string of the molecule is O=C(c1cccc(Cl)c1)N1CCC(F)(F)C2(CCN(c3cccc(F)c3)C2)C1. The quantitative estimate of drug-likeness (QED) is 0.708. The van der Waals surface area contributed by atoms with Crippen molar-refractivity contribution in [3.63, 3.8) is 0 Å². The van der Waals surface area contributed by atoms with Crippen LogP contribution in [0.1, 0.15) is 23.2 Å². The van der Waals surface area contributed by atoms with Gasteiger partial charge in [-0.25, -0.2) is 13.2 Å². The molecular weight excluding hydrogens is 389 g/mol. The topological polar surface area (TPSA) is 23.6 Å². The molecule has 0 N–H and O–H groups in total. The summed E-state index contributed by atoms with van der Waals surface area (Å²) in [6.07, 6.45) is -0.133. The highest BCUT2D eigenvalue weighted by atomic mass is 35.5. The number of piperidine rings is 1. The number of likely N-dealkylation sites (tertiary alicyclic amines) is 1. The van der Waals surface area contributed by atoms with Crippen molar-refractivity contribution in [2.45, 2.75) is 18.8 Å². The molecule has 2 saturated heterocycles. The van der Waals surface area contributed by atoms with Crippen LogP contribution in [-0.4, -0.2) is 42.9 Å². The molecule has 1 atom stereocenters. The summed E-state index contributed by atoms with van der Waals surface area (Å²) >= 11 is 5.97. The van der Waals surface area contributed by atoms with Crippen molar-refractivity contribution < 1.29 is 18.0 Å². The van der Waals surface area contributed by atoms with E-state index in [9.17, 15) is 18.0 Å². The molecule has 4 rings (SSSR count). The predicted octanol–water partition coefficient (Wildman–Crippen LogP) is 4.86. The third-order valence-electron chi connectivity index (χ3n) is 5.85. The van der Waals surface area contributed by atoms with Gasteiger partial charge in [-0.2, -0.15) is 0 Å². The smallest absolute Gasteiger partial charge is 0.258 e. The fraction of sp³-hybridized carbons (Fsp3) is 0.381. The van der Waals surface area contributed by atoms with Gasteiger partial charge in [0.1, 0.15) is 5.82 Å². The molecule has 0 aliphatic carbocycles. The molecule has 0 aromatic heterocycles. The monoisotopic (exact) mass is 408 g/mol. The van der Waals surface area contributed by atoms with Crippen LogP contribution in [0.4, 0.5) is 18.9 Å². The highest BCUT2D eigenvalue weighted by Gasteiger charge is 2.60. The maximum atomic E-state index is 15.0. The molecule has 0 bridgehead atoms. The van der Waals surface area contributed by atoms with E-state index in [4.69, 9.17) is 11.6 Å². The van der Waals surface area contributed by atoms with Gasteiger partial charge in [-0.15, -0.1) is 0 Å². The number of hydrogen-bond acceptors (Lipinski definition) is 2. The van der Waals surface area contributed by atoms with Gasteiger partial charge >= 0.3 is 0 Å². The second-order valence-corrected chi connectivity index (χ2v) is 8.06. The van der Waals surface area contributed by atoms with Gasteiger partial charge in [-0.1, -0.05) is 23.7 Å². The molecule has 2 aliphatic heterocycles. The van der Waals surface area contributed by atoms with Gasteiger partial charge in [-0.3, -0.25) is 4.79 Å². The lowest BCUT2D eigenvalue weighted by molar-refractivity contribution is -0.150. The zero-order valence-corrected chi connectivity index (χ0v) is 15.9. The summed E-state index contributed by atoms with van der Waals surface area (Å²) in [4.78, 5) is 16.1. The largest absolute Gasteiger partial charge is 0.371 e. The third kappa shape index (κ3) is 3.34. The number of nitrogens with zero attached hydrogens (tertiary/aromatic N) is 2. The molecule has 2 aromatic rings. The number of alkyl halides is 2. The number of carbonyl (C=O) groups is 1. The van der Waals surface area contributed by atoms with Crippen molar-refractivity contribution in [2.24, 2.45) is 5.41 Å². The number of rotatable bonds is 2. The van der Waals surface area contributed by atoms with Crippen LogP contribution in [-0.2, 0) is 0 Å². The Bertz CT molecular complexity index is 907. The van der Waals surface area contributed by atoms with E-state index in [0.717, 1.165) is 0 Å². The Balaban J connectivity index is 1.58. The Kier molecular flexibility index (Phi) is 4.78. The fourth-order valence-electron chi connectivity index (χ4n) is 4.27. The lowest BCUT2D eigenvalue weighted by Gasteiger charge is -2.46. The maximum Gasteiger partial charge on any atom is 0.258 e. The average Bonchev–Trinajstić information content (AvgIpc) is 3.09. The van der Waals surface area contributed by atoms with Crippen molar-refractivity contribution >= 4 is 23.2 Å². The second-order valence-electron chi connectivity index (χ2n) is 7.62. The van der Waals surface area contributed by atoms with Gasteiger partial charge in [0.05, 0.1) is 5.41 Å². The van der Waals surface area contributed by atoms with Crippen LogP contribution < -0.4 is 4.90 Å². The van der Waals surface area contributed by atoms with E-state index in [-0.39, 0.29) is 38.4 Å². The van der Waals surface area contributed by atoms with Gasteiger partial charge < -0.3 is 9.80 Å². The van der Waals surface area contributed by atoms with Crippen LogP contribution in [0.25, 0.3) is 0 Å². The van der Waals surface area contributed by atoms with E-state index in [2.05, 4.69) is 0 Å². The number of anilines is 1. The zero-order valence-electron chi connectivity index (χ0n) is 15.2. The molecule has 0 saturated carbocycles. The van der Waals surface area contributed by atoms with E-state index in [1.54, 1.807) is 41.3 Å². The Morgan fingerprint density at radius 1 is 1.00 bits per heavy atom. The summed E-state index contributed by atoms with van der Waals surface area (Å²) in [5, 5.41) is 0.432. The van der Waals surface area contributed by atoms with Crippen LogP contribution in [0.2, 0.25) is 5.02 Å². The molecule has 1 unspecified atom stereocenters. The molecule has 2 aliphatic rings. The third-order valence-corrected chi connectivity index (χ3v) is 6.09. The number of hydrogen-bond donors (Lipinski definition) is 0. The molecule has 0 radical (unpaired) electrons. The highest BCUT2D eigenvalue weighted by molar-refractivity contribution is 6.30. The zero-order chi connectivity index (χ0) is 19.9. The summed E-state index contributed by atoms with van der Waals surface area (Å²) < 4.78 is 43.5. The first-order chi connectivity index (χ1) is 13.3. The predicted molar refractivity (Wildman–Crippen MR) is 103 cm³/mol. The van der Waals surface area contributed by atoms with Gasteiger partial charge in [0.25, 0.3) is 11.8 Å². The van der Waals surface area contributed by atoms with E-state index in [0.29, 0.717) is 22.8 Å². The molecule has 2 aromatic carbocycles. The van der Waals surface area contributed by atoms with Gasteiger partial charge in [0.2, 0.25) is 0 Å². The van der Waals surface area contributed by atoms with E-state index in [1.807, 2.05) is 0 Å². The Hall–Kier alpha value is -2.21. The standard InChI is InChI=1S/C21H20ClF3N2O/c22-16-4-1-3-15(11-16)19(28)27-10-8-21(24,25)20(14-27)7-9-26(13-20)18-6-2-5-17(23)12-18/h1-6,11-12H,7-10,13-14H2. The molecule has 2 heterocycles. The minimum atomic E-state index is -2.89. The van der Waals surface area contributed by atoms with Crippen molar-refractivity contribution in [3.8, 4) is 0 Å². The van der Waals surface area contributed by atoms with Crippen molar-refractivity contribution in [1.82, 2.24) is 4.90 Å². The minimum Gasteiger partial charge on any atom is -0.371 e. The van der Waals surface area contributed by atoms with Crippen LogP contribution in [0, 0.1) is 11.2 Å². The van der Waals surface area contributed by atoms with Gasteiger partial charge in [0, 0.05) is 48.9 Å². The molecule has 28 heavy (non-hydrogen) atoms. The lowest BCUT2D eigenvalue weighted by Crippen LogP contribution is -2.58. The van der Waals surface area contributed by atoms with E-state index in [1.165, 1.54) is 17.0 Å². The van der Waals surface area contributed by atoms with Crippen molar-refractivity contribution in [2.75, 3.05) is 31.1 Å². The maximum absolute atomic E-state index is 15.0. The Labute approximate surface area is 166 Å². The number of amides is 1. The normalized spacial score (nSPS) is 24.0. The lowest BCUT2D eigenvalue weighted by atomic mass is 9.75. The number of benzene rings is 2. The first kappa shape index (κ1) is 19.1. The summed E-state index contributed by atoms with van der Waals surface area (Å²) in [5.74, 6) is -3.58. The molecule has 2 fully saturated rings. The van der Waals surface area contributed by atoms with E-state index < -0.39 is 17.2 Å². The van der Waals surface area contributed by atoms with Crippen molar-refractivity contribution in [1.29, 1.82) is 0 Å². The molecule has 7 heteroatoms. The number of halogens is 4. The molecule has 3 nitrogen and oxygen atoms in total. The molecule has 148 valence electrons. The van der Waals surface area contributed by atoms with Crippen LogP contribution in [0.5, 0.6) is 0 Å². The van der Waals surface area contributed by atoms with Crippen LogP contribution in [0.15, 0.2) is 48.5 Å². The van der Waals surface area contributed by atoms with Gasteiger partial charge in [0.15, 0.2) is 0 Å². The van der Waals surface area contributed by atoms with Crippen LogP contribution in [0.3, 0.4) is 0 Å². The summed E-state index contributed by atoms with van der Waals surface area (Å²) in [6, 6.07) is 12.5. The molecule has 1 amide bonds. The first-order valence-corrected chi connectivity index (χ1v) is 9.61. The molecule has 1 spiro atoms. The number of carbonyl (C=O) groups excluding carboxylic acids is 1. The highest BCUT2D eigenvalue weighted by Crippen LogP contribution is 2.50. The summed E-state index contributed by atoms with van der Waals surface area (Å²) in [7, 11) is 0. The Morgan fingerprint density at radius 2 is 1.79 bits per heavy atom. The van der Waals surface area contributed by atoms with Gasteiger partial charge in [-0.05, 0) is 42.8 Å². The average molecular weight is 409 g/mol. The fourth-order valence-corrected chi connectivity index (χ4v) is 4.46.